The van der Waals surface area contributed by atoms with Crippen LogP contribution in [0.15, 0.2) is 24.3 Å². The van der Waals surface area contributed by atoms with Crippen LogP contribution in [-0.4, -0.2) is 37.1 Å². The molecule has 0 bridgehead atoms. The van der Waals surface area contributed by atoms with E-state index in [1.807, 2.05) is 0 Å². The fourth-order valence-corrected chi connectivity index (χ4v) is 1.96. The number of hydrogen-bond donors (Lipinski definition) is 2. The second-order valence-electron chi connectivity index (χ2n) is 4.17. The van der Waals surface area contributed by atoms with E-state index in [-0.39, 0.29) is 13.2 Å². The molecular formula is C13H19FO3. The van der Waals surface area contributed by atoms with Crippen LogP contribution in [0.4, 0.5) is 4.39 Å². The van der Waals surface area contributed by atoms with E-state index in [0.717, 1.165) is 0 Å². The van der Waals surface area contributed by atoms with Gasteiger partial charge in [0, 0.05) is 19.1 Å². The summed E-state index contributed by atoms with van der Waals surface area (Å²) in [4.78, 5) is 0. The zero-order valence-corrected chi connectivity index (χ0v) is 10.0. The van der Waals surface area contributed by atoms with E-state index in [9.17, 15) is 14.6 Å². The molecule has 0 unspecified atom stereocenters. The van der Waals surface area contributed by atoms with E-state index in [4.69, 9.17) is 4.74 Å². The lowest BCUT2D eigenvalue weighted by Crippen LogP contribution is -2.36. The van der Waals surface area contributed by atoms with Gasteiger partial charge in [-0.2, -0.15) is 0 Å². The first-order valence-corrected chi connectivity index (χ1v) is 5.66. The SMILES string of the molecule is COCCCC(CO)(CO)c1ccccc1F. The maximum absolute atomic E-state index is 13.7. The number of methoxy groups -OCH3 is 1. The smallest absolute Gasteiger partial charge is 0.127 e. The van der Waals surface area contributed by atoms with Crippen molar-refractivity contribution in [3.05, 3.63) is 35.6 Å². The molecule has 0 aliphatic rings. The van der Waals surface area contributed by atoms with Crippen molar-refractivity contribution < 1.29 is 19.3 Å². The van der Waals surface area contributed by atoms with E-state index in [1.54, 1.807) is 25.3 Å². The van der Waals surface area contributed by atoms with Crippen LogP contribution >= 0.6 is 0 Å². The Morgan fingerprint density at radius 2 is 1.88 bits per heavy atom. The summed E-state index contributed by atoms with van der Waals surface area (Å²) in [6.45, 7) is -0.0432. The van der Waals surface area contributed by atoms with Crippen LogP contribution in [0.3, 0.4) is 0 Å². The van der Waals surface area contributed by atoms with Crippen LogP contribution in [0.5, 0.6) is 0 Å². The molecule has 96 valence electrons. The number of aliphatic hydroxyl groups is 2. The predicted octanol–water partition coefficient (Wildman–Crippen LogP) is 1.47. The fourth-order valence-electron chi connectivity index (χ4n) is 1.96. The highest BCUT2D eigenvalue weighted by atomic mass is 19.1. The summed E-state index contributed by atoms with van der Waals surface area (Å²) in [5.74, 6) is -0.395. The van der Waals surface area contributed by atoms with Crippen LogP contribution in [0.2, 0.25) is 0 Å². The minimum atomic E-state index is -0.927. The third-order valence-electron chi connectivity index (χ3n) is 3.05. The van der Waals surface area contributed by atoms with E-state index in [0.29, 0.717) is 25.0 Å². The Labute approximate surface area is 101 Å². The molecule has 0 amide bonds. The van der Waals surface area contributed by atoms with Crippen LogP contribution in [0, 0.1) is 5.82 Å². The van der Waals surface area contributed by atoms with Gasteiger partial charge >= 0.3 is 0 Å². The highest BCUT2D eigenvalue weighted by Crippen LogP contribution is 2.30. The maximum Gasteiger partial charge on any atom is 0.127 e. The Kier molecular flexibility index (Phi) is 5.55. The van der Waals surface area contributed by atoms with Gasteiger partial charge in [0.25, 0.3) is 0 Å². The van der Waals surface area contributed by atoms with Crippen LogP contribution in [0.25, 0.3) is 0 Å². The minimum absolute atomic E-state index is 0.284. The summed E-state index contributed by atoms with van der Waals surface area (Å²) in [7, 11) is 1.59. The Balaban J connectivity index is 2.94. The molecule has 0 saturated carbocycles. The van der Waals surface area contributed by atoms with E-state index >= 15 is 0 Å². The van der Waals surface area contributed by atoms with Gasteiger partial charge in [0.2, 0.25) is 0 Å². The number of halogens is 1. The van der Waals surface area contributed by atoms with Gasteiger partial charge < -0.3 is 14.9 Å². The maximum atomic E-state index is 13.7. The molecule has 0 atom stereocenters. The topological polar surface area (TPSA) is 49.7 Å². The quantitative estimate of drug-likeness (QED) is 0.712. The van der Waals surface area contributed by atoms with Crippen molar-refractivity contribution in [2.75, 3.05) is 26.9 Å². The molecule has 0 aliphatic heterocycles. The zero-order chi connectivity index (χ0) is 12.7. The van der Waals surface area contributed by atoms with E-state index in [1.165, 1.54) is 6.07 Å². The average molecular weight is 242 g/mol. The number of benzene rings is 1. The minimum Gasteiger partial charge on any atom is -0.395 e. The average Bonchev–Trinajstić information content (AvgIpc) is 2.36. The molecular weight excluding hydrogens is 223 g/mol. The summed E-state index contributed by atoms with van der Waals surface area (Å²) >= 11 is 0. The summed E-state index contributed by atoms with van der Waals surface area (Å²) in [6.07, 6.45) is 1.14. The molecule has 4 heteroatoms. The molecule has 1 aromatic carbocycles. The monoisotopic (exact) mass is 242 g/mol. The summed E-state index contributed by atoms with van der Waals surface area (Å²) < 4.78 is 18.6. The van der Waals surface area contributed by atoms with Crippen molar-refractivity contribution in [3.8, 4) is 0 Å². The number of aliphatic hydroxyl groups excluding tert-OH is 2. The molecule has 3 nitrogen and oxygen atoms in total. The molecule has 0 heterocycles. The molecule has 0 saturated heterocycles. The second kappa shape index (κ2) is 6.69. The van der Waals surface area contributed by atoms with Crippen LogP contribution < -0.4 is 0 Å². The Bertz CT molecular complexity index is 337. The van der Waals surface area contributed by atoms with Gasteiger partial charge in [-0.15, -0.1) is 0 Å². The van der Waals surface area contributed by atoms with Crippen molar-refractivity contribution >= 4 is 0 Å². The number of hydrogen-bond acceptors (Lipinski definition) is 3. The number of rotatable bonds is 7. The van der Waals surface area contributed by atoms with E-state index in [2.05, 4.69) is 0 Å². The second-order valence-corrected chi connectivity index (χ2v) is 4.17. The molecule has 1 rings (SSSR count). The normalized spacial score (nSPS) is 11.8. The molecule has 0 spiro atoms. The molecule has 17 heavy (non-hydrogen) atoms. The molecule has 0 aliphatic carbocycles. The van der Waals surface area contributed by atoms with Gasteiger partial charge in [0.15, 0.2) is 0 Å². The van der Waals surface area contributed by atoms with Gasteiger partial charge in [-0.25, -0.2) is 4.39 Å². The molecule has 1 aromatic rings. The number of ether oxygens (including phenoxy) is 1. The zero-order valence-electron chi connectivity index (χ0n) is 10.0. The lowest BCUT2D eigenvalue weighted by atomic mass is 9.78. The van der Waals surface area contributed by atoms with Gasteiger partial charge in [-0.3, -0.25) is 0 Å². The molecule has 0 fully saturated rings. The standard InChI is InChI=1S/C13H19FO3/c1-17-8-4-7-13(9-15,10-16)11-5-2-3-6-12(11)14/h2-3,5-6,15-16H,4,7-10H2,1H3. The summed E-state index contributed by atoms with van der Waals surface area (Å²) in [5.41, 5.74) is -0.565. The molecule has 2 N–H and O–H groups in total. The van der Waals surface area contributed by atoms with Crippen molar-refractivity contribution in [2.24, 2.45) is 0 Å². The molecule has 0 aromatic heterocycles. The van der Waals surface area contributed by atoms with Gasteiger partial charge in [0.05, 0.1) is 13.2 Å². The van der Waals surface area contributed by atoms with E-state index < -0.39 is 11.2 Å². The highest BCUT2D eigenvalue weighted by molar-refractivity contribution is 5.27. The summed E-state index contributed by atoms with van der Waals surface area (Å²) in [6, 6.07) is 6.24. The van der Waals surface area contributed by atoms with Gasteiger partial charge in [-0.1, -0.05) is 18.2 Å². The first-order valence-electron chi connectivity index (χ1n) is 5.66. The molecule has 0 radical (unpaired) electrons. The Hall–Kier alpha value is -0.970. The fraction of sp³-hybridized carbons (Fsp3) is 0.538. The lowest BCUT2D eigenvalue weighted by molar-refractivity contribution is 0.0943. The van der Waals surface area contributed by atoms with Crippen molar-refractivity contribution in [1.29, 1.82) is 0 Å². The van der Waals surface area contributed by atoms with Crippen molar-refractivity contribution in [1.82, 2.24) is 0 Å². The largest absolute Gasteiger partial charge is 0.395 e. The third-order valence-corrected chi connectivity index (χ3v) is 3.05. The first-order chi connectivity index (χ1) is 8.20. The Morgan fingerprint density at radius 3 is 2.41 bits per heavy atom. The third kappa shape index (κ3) is 3.25. The first kappa shape index (κ1) is 14.1. The highest BCUT2D eigenvalue weighted by Gasteiger charge is 2.32. The van der Waals surface area contributed by atoms with Crippen LogP contribution in [0.1, 0.15) is 18.4 Å². The van der Waals surface area contributed by atoms with Gasteiger partial charge in [-0.05, 0) is 24.5 Å². The summed E-state index contributed by atoms with van der Waals surface area (Å²) in [5, 5.41) is 19.0. The predicted molar refractivity (Wildman–Crippen MR) is 63.4 cm³/mol. The van der Waals surface area contributed by atoms with Crippen LogP contribution in [-0.2, 0) is 10.2 Å². The van der Waals surface area contributed by atoms with Gasteiger partial charge in [0.1, 0.15) is 5.82 Å². The Morgan fingerprint density at radius 1 is 1.24 bits per heavy atom. The van der Waals surface area contributed by atoms with Crippen molar-refractivity contribution in [3.63, 3.8) is 0 Å². The van der Waals surface area contributed by atoms with Crippen molar-refractivity contribution in [2.45, 2.75) is 18.3 Å². The lowest BCUT2D eigenvalue weighted by Gasteiger charge is -2.30.